The van der Waals surface area contributed by atoms with E-state index in [1.807, 2.05) is 12.1 Å². The maximum Gasteiger partial charge on any atom is 0.226 e. The van der Waals surface area contributed by atoms with E-state index in [-0.39, 0.29) is 12.5 Å². The zero-order valence-electron chi connectivity index (χ0n) is 10.0. The molecular formula is C12H18N2O3. The van der Waals surface area contributed by atoms with Gasteiger partial charge in [-0.05, 0) is 17.7 Å². The molecule has 1 heterocycles. The number of aliphatic hydroxyl groups is 1. The number of aliphatic hydroxyl groups excluding tert-OH is 1. The van der Waals surface area contributed by atoms with Gasteiger partial charge >= 0.3 is 0 Å². The fourth-order valence-corrected chi connectivity index (χ4v) is 1.30. The molecule has 5 nitrogen and oxygen atoms in total. The molecule has 0 fully saturated rings. The van der Waals surface area contributed by atoms with E-state index in [1.165, 1.54) is 0 Å². The van der Waals surface area contributed by atoms with Gasteiger partial charge in [0.15, 0.2) is 0 Å². The van der Waals surface area contributed by atoms with Crippen LogP contribution in [0.25, 0.3) is 0 Å². The molecule has 0 spiro atoms. The van der Waals surface area contributed by atoms with E-state index in [0.29, 0.717) is 26.2 Å². The van der Waals surface area contributed by atoms with Gasteiger partial charge in [0.1, 0.15) is 0 Å². The number of likely N-dealkylation sites (N-methyl/N-ethyl adjacent to an activating group) is 1. The Morgan fingerprint density at radius 2 is 2.12 bits per heavy atom. The van der Waals surface area contributed by atoms with Crippen molar-refractivity contribution in [3.63, 3.8) is 0 Å². The van der Waals surface area contributed by atoms with Crippen LogP contribution in [0.3, 0.4) is 0 Å². The Balaban J connectivity index is 2.27. The summed E-state index contributed by atoms with van der Waals surface area (Å²) in [6.07, 6.45) is 3.72. The number of carbonyl (C=O) groups is 1. The molecule has 0 radical (unpaired) electrons. The topological polar surface area (TPSA) is 62.7 Å². The van der Waals surface area contributed by atoms with Crippen LogP contribution in [0.5, 0.6) is 0 Å². The lowest BCUT2D eigenvalue weighted by Crippen LogP contribution is -2.31. The summed E-state index contributed by atoms with van der Waals surface area (Å²) in [4.78, 5) is 17.3. The van der Waals surface area contributed by atoms with E-state index in [9.17, 15) is 4.79 Å². The predicted octanol–water partition coefficient (Wildman–Crippen LogP) is 0.0914. The lowest BCUT2D eigenvalue weighted by atomic mass is 10.2. The third-order valence-corrected chi connectivity index (χ3v) is 2.34. The first-order valence-corrected chi connectivity index (χ1v) is 5.55. The summed E-state index contributed by atoms with van der Waals surface area (Å²) >= 11 is 0. The highest BCUT2D eigenvalue weighted by molar-refractivity contribution is 5.78. The SMILES string of the molecule is CN(CCOCCO)C(=O)Cc1ccncc1. The first-order chi connectivity index (χ1) is 8.24. The van der Waals surface area contributed by atoms with E-state index in [2.05, 4.69) is 4.98 Å². The molecule has 1 rings (SSSR count). The van der Waals surface area contributed by atoms with E-state index >= 15 is 0 Å². The Morgan fingerprint density at radius 1 is 1.41 bits per heavy atom. The number of rotatable bonds is 7. The van der Waals surface area contributed by atoms with E-state index < -0.39 is 0 Å². The van der Waals surface area contributed by atoms with Crippen molar-refractivity contribution in [2.45, 2.75) is 6.42 Å². The summed E-state index contributed by atoms with van der Waals surface area (Å²) in [5.41, 5.74) is 0.952. The summed E-state index contributed by atoms with van der Waals surface area (Å²) in [5.74, 6) is 0.0452. The van der Waals surface area contributed by atoms with Crippen LogP contribution in [0.15, 0.2) is 24.5 Å². The van der Waals surface area contributed by atoms with Crippen molar-refractivity contribution in [1.82, 2.24) is 9.88 Å². The number of nitrogens with zero attached hydrogens (tertiary/aromatic N) is 2. The second-order valence-corrected chi connectivity index (χ2v) is 3.68. The normalized spacial score (nSPS) is 10.2. The smallest absolute Gasteiger partial charge is 0.226 e. The number of carbonyl (C=O) groups excluding carboxylic acids is 1. The lowest BCUT2D eigenvalue weighted by molar-refractivity contribution is -0.129. The van der Waals surface area contributed by atoms with E-state index in [0.717, 1.165) is 5.56 Å². The molecule has 17 heavy (non-hydrogen) atoms. The van der Waals surface area contributed by atoms with Gasteiger partial charge in [-0.25, -0.2) is 0 Å². The monoisotopic (exact) mass is 238 g/mol. The Morgan fingerprint density at radius 3 is 2.76 bits per heavy atom. The minimum absolute atomic E-state index is 0.00861. The van der Waals surface area contributed by atoms with Crippen molar-refractivity contribution in [2.24, 2.45) is 0 Å². The van der Waals surface area contributed by atoms with Gasteiger partial charge in [0.2, 0.25) is 5.91 Å². The summed E-state index contributed by atoms with van der Waals surface area (Å²) in [5, 5.41) is 8.52. The average Bonchev–Trinajstić information content (AvgIpc) is 2.35. The molecule has 1 aromatic rings. The van der Waals surface area contributed by atoms with Gasteiger partial charge in [0.25, 0.3) is 0 Å². The summed E-state index contributed by atoms with van der Waals surface area (Å²) in [6.45, 7) is 1.30. The largest absolute Gasteiger partial charge is 0.394 e. The van der Waals surface area contributed by atoms with Crippen molar-refractivity contribution >= 4 is 5.91 Å². The highest BCUT2D eigenvalue weighted by atomic mass is 16.5. The van der Waals surface area contributed by atoms with Crippen LogP contribution in [-0.4, -0.2) is 54.3 Å². The molecule has 0 atom stereocenters. The van der Waals surface area contributed by atoms with Crippen LogP contribution < -0.4 is 0 Å². The maximum atomic E-state index is 11.8. The molecule has 0 aliphatic heterocycles. The summed E-state index contributed by atoms with van der Waals surface area (Å²) < 4.78 is 5.10. The second-order valence-electron chi connectivity index (χ2n) is 3.68. The number of ether oxygens (including phenoxy) is 1. The van der Waals surface area contributed by atoms with E-state index in [1.54, 1.807) is 24.3 Å². The van der Waals surface area contributed by atoms with Crippen LogP contribution in [0.4, 0.5) is 0 Å². The van der Waals surface area contributed by atoms with Gasteiger partial charge in [-0.1, -0.05) is 0 Å². The number of aromatic nitrogens is 1. The first-order valence-electron chi connectivity index (χ1n) is 5.55. The maximum absolute atomic E-state index is 11.8. The Hall–Kier alpha value is -1.46. The van der Waals surface area contributed by atoms with Crippen molar-refractivity contribution in [3.05, 3.63) is 30.1 Å². The molecule has 1 N–H and O–H groups in total. The molecule has 1 aromatic heterocycles. The molecule has 1 amide bonds. The number of amides is 1. The third kappa shape index (κ3) is 5.42. The molecular weight excluding hydrogens is 220 g/mol. The highest BCUT2D eigenvalue weighted by Crippen LogP contribution is 2.00. The minimum atomic E-state index is 0.00861. The van der Waals surface area contributed by atoms with Gasteiger partial charge in [-0.15, -0.1) is 0 Å². The molecule has 5 heteroatoms. The van der Waals surface area contributed by atoms with Crippen molar-refractivity contribution in [3.8, 4) is 0 Å². The molecule has 0 aromatic carbocycles. The predicted molar refractivity (Wildman–Crippen MR) is 63.5 cm³/mol. The quantitative estimate of drug-likeness (QED) is 0.684. The standard InChI is InChI=1S/C12H18N2O3/c1-14(6-8-17-9-7-15)12(16)10-11-2-4-13-5-3-11/h2-5,15H,6-10H2,1H3. The third-order valence-electron chi connectivity index (χ3n) is 2.34. The zero-order valence-corrected chi connectivity index (χ0v) is 10.0. The number of hydrogen-bond acceptors (Lipinski definition) is 4. The van der Waals surface area contributed by atoms with Crippen LogP contribution >= 0.6 is 0 Å². The Bertz CT molecular complexity index is 330. The molecule has 0 unspecified atom stereocenters. The highest BCUT2D eigenvalue weighted by Gasteiger charge is 2.08. The zero-order chi connectivity index (χ0) is 12.5. The fourth-order valence-electron chi connectivity index (χ4n) is 1.30. The summed E-state index contributed by atoms with van der Waals surface area (Å²) in [7, 11) is 1.74. The van der Waals surface area contributed by atoms with Gasteiger partial charge < -0.3 is 14.7 Å². The average molecular weight is 238 g/mol. The van der Waals surface area contributed by atoms with Gasteiger partial charge in [0.05, 0.1) is 26.2 Å². The van der Waals surface area contributed by atoms with Crippen LogP contribution in [-0.2, 0) is 16.0 Å². The Labute approximate surface area is 101 Å². The van der Waals surface area contributed by atoms with Crippen LogP contribution in [0.1, 0.15) is 5.56 Å². The molecule has 94 valence electrons. The molecule has 0 aliphatic rings. The molecule has 0 saturated heterocycles. The van der Waals surface area contributed by atoms with Crippen molar-refractivity contribution in [2.75, 3.05) is 33.4 Å². The fraction of sp³-hybridized carbons (Fsp3) is 0.500. The van der Waals surface area contributed by atoms with Crippen LogP contribution in [0, 0.1) is 0 Å². The van der Waals surface area contributed by atoms with Gasteiger partial charge in [-0.3, -0.25) is 9.78 Å². The van der Waals surface area contributed by atoms with Crippen molar-refractivity contribution < 1.29 is 14.6 Å². The second kappa shape index (κ2) is 7.76. The van der Waals surface area contributed by atoms with Crippen molar-refractivity contribution in [1.29, 1.82) is 0 Å². The lowest BCUT2D eigenvalue weighted by Gasteiger charge is -2.17. The Kier molecular flexibility index (Phi) is 6.21. The number of hydrogen-bond donors (Lipinski definition) is 1. The van der Waals surface area contributed by atoms with E-state index in [4.69, 9.17) is 9.84 Å². The molecule has 0 bridgehead atoms. The summed E-state index contributed by atoms with van der Waals surface area (Å²) in [6, 6.07) is 3.65. The van der Waals surface area contributed by atoms with Crippen LogP contribution in [0.2, 0.25) is 0 Å². The van der Waals surface area contributed by atoms with Gasteiger partial charge in [-0.2, -0.15) is 0 Å². The molecule has 0 saturated carbocycles. The van der Waals surface area contributed by atoms with Gasteiger partial charge in [0, 0.05) is 26.0 Å². The number of pyridine rings is 1. The molecule has 0 aliphatic carbocycles. The first kappa shape index (κ1) is 13.6. The minimum Gasteiger partial charge on any atom is -0.394 e.